The molecule has 0 bridgehead atoms. The second-order valence-electron chi connectivity index (χ2n) is 6.06. The van der Waals surface area contributed by atoms with E-state index in [-0.39, 0.29) is 12.2 Å². The van der Waals surface area contributed by atoms with Crippen LogP contribution in [0.25, 0.3) is 11.1 Å². The highest BCUT2D eigenvalue weighted by Gasteiger charge is 2.49. The van der Waals surface area contributed by atoms with Crippen molar-refractivity contribution in [2.24, 2.45) is 0 Å². The fourth-order valence-corrected chi connectivity index (χ4v) is 2.61. The molecule has 6 nitrogen and oxygen atoms in total. The Hall–Kier alpha value is -3.14. The van der Waals surface area contributed by atoms with E-state index in [0.29, 0.717) is 16.9 Å². The van der Waals surface area contributed by atoms with Crippen molar-refractivity contribution < 1.29 is 19.0 Å². The van der Waals surface area contributed by atoms with Gasteiger partial charge < -0.3 is 14.7 Å². The lowest BCUT2D eigenvalue weighted by atomic mass is 10.0. The number of nitrogens with zero attached hydrogens (tertiary/aromatic N) is 3. The fourth-order valence-electron chi connectivity index (χ4n) is 2.61. The zero-order valence-electron chi connectivity index (χ0n) is 13.6. The van der Waals surface area contributed by atoms with E-state index in [9.17, 15) is 9.18 Å². The average molecular weight is 341 g/mol. The number of amides is 1. The molecule has 0 aliphatic heterocycles. The average Bonchev–Trinajstić information content (AvgIpc) is 3.41. The Morgan fingerprint density at radius 3 is 2.88 bits per heavy atom. The van der Waals surface area contributed by atoms with Gasteiger partial charge in [-0.15, -0.1) is 0 Å². The van der Waals surface area contributed by atoms with E-state index < -0.39 is 17.6 Å². The number of nitriles is 1. The number of ether oxygens (including phenoxy) is 1. The van der Waals surface area contributed by atoms with E-state index in [1.54, 1.807) is 24.3 Å². The molecule has 1 aliphatic carbocycles. The van der Waals surface area contributed by atoms with Crippen LogP contribution in [0.1, 0.15) is 18.4 Å². The Morgan fingerprint density at radius 2 is 2.24 bits per heavy atom. The molecule has 0 atom stereocenters. The van der Waals surface area contributed by atoms with Crippen LogP contribution in [0, 0.1) is 17.3 Å². The highest BCUT2D eigenvalue weighted by Crippen LogP contribution is 2.41. The van der Waals surface area contributed by atoms with E-state index in [1.165, 1.54) is 24.2 Å². The van der Waals surface area contributed by atoms with Crippen molar-refractivity contribution in [2.75, 3.05) is 13.7 Å². The number of carboxylic acid groups (broad SMARTS) is 1. The van der Waals surface area contributed by atoms with Crippen LogP contribution in [0.5, 0.6) is 5.75 Å². The van der Waals surface area contributed by atoms with Gasteiger partial charge in [0.15, 0.2) is 0 Å². The molecule has 0 unspecified atom stereocenters. The van der Waals surface area contributed by atoms with Crippen molar-refractivity contribution in [1.82, 2.24) is 9.88 Å². The quantitative estimate of drug-likeness (QED) is 0.844. The van der Waals surface area contributed by atoms with Gasteiger partial charge in [-0.3, -0.25) is 0 Å². The predicted molar refractivity (Wildman–Crippen MR) is 87.6 cm³/mol. The van der Waals surface area contributed by atoms with Gasteiger partial charge in [0.2, 0.25) is 5.95 Å². The molecule has 1 fully saturated rings. The van der Waals surface area contributed by atoms with Crippen molar-refractivity contribution in [2.45, 2.75) is 18.4 Å². The van der Waals surface area contributed by atoms with Gasteiger partial charge in [-0.2, -0.15) is 9.65 Å². The molecule has 0 spiro atoms. The Labute approximate surface area is 144 Å². The summed E-state index contributed by atoms with van der Waals surface area (Å²) in [6, 6.07) is 10.1. The minimum absolute atomic E-state index is 0.181. The summed E-state index contributed by atoms with van der Waals surface area (Å²) >= 11 is 0. The van der Waals surface area contributed by atoms with Gasteiger partial charge in [0.1, 0.15) is 12.4 Å². The maximum absolute atomic E-state index is 14.1. The summed E-state index contributed by atoms with van der Waals surface area (Å²) in [6.45, 7) is 0.181. The molecule has 0 saturated heterocycles. The van der Waals surface area contributed by atoms with Crippen LogP contribution in [0.15, 0.2) is 36.5 Å². The lowest BCUT2D eigenvalue weighted by Gasteiger charge is -2.25. The first-order valence-electron chi connectivity index (χ1n) is 7.71. The first-order chi connectivity index (χ1) is 11.9. The van der Waals surface area contributed by atoms with Crippen LogP contribution in [0.3, 0.4) is 0 Å². The molecular weight excluding hydrogens is 325 g/mol. The Bertz CT molecular complexity index is 859. The van der Waals surface area contributed by atoms with Crippen molar-refractivity contribution >= 4 is 6.09 Å². The summed E-state index contributed by atoms with van der Waals surface area (Å²) < 4.78 is 19.8. The van der Waals surface area contributed by atoms with Crippen molar-refractivity contribution in [1.29, 1.82) is 5.26 Å². The highest BCUT2D eigenvalue weighted by atomic mass is 19.1. The molecule has 0 radical (unpaired) electrons. The van der Waals surface area contributed by atoms with Crippen LogP contribution in [-0.4, -0.2) is 40.3 Å². The first kappa shape index (κ1) is 16.7. The number of halogens is 1. The van der Waals surface area contributed by atoms with Crippen molar-refractivity contribution in [3.63, 3.8) is 0 Å². The van der Waals surface area contributed by atoms with Crippen LogP contribution in [-0.2, 0) is 0 Å². The number of carbonyl (C=O) groups is 1. The lowest BCUT2D eigenvalue weighted by molar-refractivity contribution is 0.109. The molecule has 1 heterocycles. The zero-order chi connectivity index (χ0) is 18.0. The molecule has 7 heteroatoms. The molecule has 1 saturated carbocycles. The number of rotatable bonds is 5. The SMILES string of the molecule is CN(C(=O)O)C1(COc2cnc(F)c(-c3cccc(C#N)c3)c2)CC1. The zero-order valence-corrected chi connectivity index (χ0v) is 13.6. The van der Waals surface area contributed by atoms with Gasteiger partial charge >= 0.3 is 6.09 Å². The van der Waals surface area contributed by atoms with Crippen LogP contribution in [0.4, 0.5) is 9.18 Å². The van der Waals surface area contributed by atoms with Gasteiger partial charge in [-0.1, -0.05) is 12.1 Å². The topological polar surface area (TPSA) is 86.5 Å². The molecule has 1 aromatic carbocycles. The van der Waals surface area contributed by atoms with E-state index in [1.807, 2.05) is 6.07 Å². The number of pyridine rings is 1. The van der Waals surface area contributed by atoms with Crippen LogP contribution in [0.2, 0.25) is 0 Å². The standard InChI is InChI=1S/C18H16FN3O3/c1-22(17(23)24)18(5-6-18)11-25-14-8-15(16(19)21-10-14)13-4-2-3-12(7-13)9-20/h2-4,7-8,10H,5-6,11H2,1H3,(H,23,24). The second kappa shape index (κ2) is 6.40. The molecule has 2 aromatic rings. The van der Waals surface area contributed by atoms with Gasteiger partial charge in [0, 0.05) is 12.6 Å². The summed E-state index contributed by atoms with van der Waals surface area (Å²) in [6.07, 6.45) is 1.71. The number of aromatic nitrogens is 1. The maximum atomic E-state index is 14.1. The summed E-state index contributed by atoms with van der Waals surface area (Å²) in [5, 5.41) is 18.1. The molecule has 1 aromatic heterocycles. The van der Waals surface area contributed by atoms with E-state index in [2.05, 4.69) is 4.98 Å². The van der Waals surface area contributed by atoms with E-state index >= 15 is 0 Å². The molecule has 1 amide bonds. The lowest BCUT2D eigenvalue weighted by Crippen LogP contribution is -2.42. The minimum Gasteiger partial charge on any atom is -0.489 e. The Balaban J connectivity index is 1.80. The largest absolute Gasteiger partial charge is 0.489 e. The summed E-state index contributed by atoms with van der Waals surface area (Å²) in [7, 11) is 1.51. The summed E-state index contributed by atoms with van der Waals surface area (Å²) in [5.41, 5.74) is 0.647. The minimum atomic E-state index is -1.01. The number of benzene rings is 1. The van der Waals surface area contributed by atoms with E-state index in [4.69, 9.17) is 15.1 Å². The van der Waals surface area contributed by atoms with Gasteiger partial charge in [0.05, 0.1) is 23.4 Å². The smallest absolute Gasteiger partial charge is 0.407 e. The third-order valence-electron chi connectivity index (χ3n) is 4.45. The van der Waals surface area contributed by atoms with Gasteiger partial charge in [0.25, 0.3) is 0 Å². The normalized spacial score (nSPS) is 14.4. The van der Waals surface area contributed by atoms with E-state index in [0.717, 1.165) is 12.8 Å². The Morgan fingerprint density at radius 1 is 1.48 bits per heavy atom. The van der Waals surface area contributed by atoms with Gasteiger partial charge in [-0.05, 0) is 36.6 Å². The predicted octanol–water partition coefficient (Wildman–Crippen LogP) is 3.28. The molecule has 1 aliphatic rings. The third kappa shape index (κ3) is 3.38. The van der Waals surface area contributed by atoms with Crippen LogP contribution < -0.4 is 4.74 Å². The molecule has 25 heavy (non-hydrogen) atoms. The fraction of sp³-hybridized carbons (Fsp3) is 0.278. The highest BCUT2D eigenvalue weighted by molar-refractivity contribution is 5.67. The van der Waals surface area contributed by atoms with Crippen molar-refractivity contribution in [3.05, 3.63) is 48.0 Å². The third-order valence-corrected chi connectivity index (χ3v) is 4.45. The number of hydrogen-bond donors (Lipinski definition) is 1. The molecule has 3 rings (SSSR count). The maximum Gasteiger partial charge on any atom is 0.407 e. The Kier molecular flexibility index (Phi) is 4.28. The molecule has 128 valence electrons. The molecule has 1 N–H and O–H groups in total. The summed E-state index contributed by atoms with van der Waals surface area (Å²) in [5.74, 6) is -0.310. The molecular formula is C18H16FN3O3. The first-order valence-corrected chi connectivity index (χ1v) is 7.71. The summed E-state index contributed by atoms with van der Waals surface area (Å²) in [4.78, 5) is 16.1. The van der Waals surface area contributed by atoms with Gasteiger partial charge in [-0.25, -0.2) is 9.78 Å². The number of hydrogen-bond acceptors (Lipinski definition) is 4. The second-order valence-corrected chi connectivity index (χ2v) is 6.06. The monoisotopic (exact) mass is 341 g/mol. The van der Waals surface area contributed by atoms with Crippen molar-refractivity contribution in [3.8, 4) is 22.9 Å². The number of likely N-dealkylation sites (N-methyl/N-ethyl adjacent to an activating group) is 1. The van der Waals surface area contributed by atoms with Crippen LogP contribution >= 0.6 is 0 Å².